The maximum absolute atomic E-state index is 13.0. The van der Waals surface area contributed by atoms with Crippen LogP contribution in [0.3, 0.4) is 0 Å². The lowest BCUT2D eigenvalue weighted by atomic mass is 9.90. The van der Waals surface area contributed by atoms with Gasteiger partial charge in [-0.2, -0.15) is 0 Å². The summed E-state index contributed by atoms with van der Waals surface area (Å²) in [7, 11) is 0. The lowest BCUT2D eigenvalue weighted by Gasteiger charge is -2.21. The van der Waals surface area contributed by atoms with Gasteiger partial charge in [-0.25, -0.2) is 0 Å². The van der Waals surface area contributed by atoms with Crippen molar-refractivity contribution in [3.8, 4) is 0 Å². The average molecular weight is 372 g/mol. The van der Waals surface area contributed by atoms with Gasteiger partial charge in [0.25, 0.3) is 0 Å². The number of benzene rings is 3. The zero-order valence-electron chi connectivity index (χ0n) is 15.8. The first-order valence-corrected chi connectivity index (χ1v) is 9.37. The minimum atomic E-state index is -0.633. The number of hydrogen-bond acceptors (Lipinski definition) is 2. The van der Waals surface area contributed by atoms with Gasteiger partial charge < -0.3 is 10.6 Å². The second-order valence-corrected chi connectivity index (χ2v) is 6.69. The van der Waals surface area contributed by atoms with Gasteiger partial charge in [-0.1, -0.05) is 91.0 Å². The topological polar surface area (TPSA) is 58.2 Å². The Hall–Kier alpha value is -3.40. The Morgan fingerprint density at radius 2 is 1.18 bits per heavy atom. The molecule has 0 unspecified atom stereocenters. The van der Waals surface area contributed by atoms with Crippen molar-refractivity contribution in [1.82, 2.24) is 10.6 Å². The zero-order valence-corrected chi connectivity index (χ0v) is 15.8. The molecule has 0 saturated carbocycles. The van der Waals surface area contributed by atoms with Gasteiger partial charge >= 0.3 is 0 Å². The van der Waals surface area contributed by atoms with Gasteiger partial charge in [0, 0.05) is 6.54 Å². The molecule has 3 aromatic rings. The molecule has 0 heterocycles. The molecule has 3 rings (SSSR count). The molecule has 0 aromatic heterocycles. The van der Waals surface area contributed by atoms with Crippen molar-refractivity contribution in [3.63, 3.8) is 0 Å². The minimum Gasteiger partial charge on any atom is -0.350 e. The van der Waals surface area contributed by atoms with Crippen LogP contribution in [0.15, 0.2) is 91.0 Å². The highest BCUT2D eigenvalue weighted by atomic mass is 16.2. The van der Waals surface area contributed by atoms with E-state index in [1.165, 1.54) is 0 Å². The first-order chi connectivity index (χ1) is 13.6. The van der Waals surface area contributed by atoms with E-state index in [-0.39, 0.29) is 11.8 Å². The van der Waals surface area contributed by atoms with Crippen molar-refractivity contribution in [2.45, 2.75) is 25.4 Å². The Morgan fingerprint density at radius 3 is 1.68 bits per heavy atom. The molecular weight excluding hydrogens is 348 g/mol. The van der Waals surface area contributed by atoms with Crippen LogP contribution in [0.1, 0.15) is 29.5 Å². The number of nitrogens with one attached hydrogen (secondary N) is 2. The Labute approximate surface area is 165 Å². The fourth-order valence-corrected chi connectivity index (χ4v) is 3.09. The molecule has 0 radical (unpaired) electrons. The predicted molar refractivity (Wildman–Crippen MR) is 111 cm³/mol. The number of hydrogen-bond donors (Lipinski definition) is 2. The first-order valence-electron chi connectivity index (χ1n) is 9.37. The summed E-state index contributed by atoms with van der Waals surface area (Å²) in [6.07, 6.45) is 0. The SMILES string of the molecule is C[C@H](NC(=O)C(c1ccccc1)c1ccccc1)C(=O)NCc1ccccc1. The van der Waals surface area contributed by atoms with E-state index in [0.717, 1.165) is 16.7 Å². The second kappa shape index (κ2) is 9.51. The summed E-state index contributed by atoms with van der Waals surface area (Å²) in [6, 6.07) is 28.2. The summed E-state index contributed by atoms with van der Waals surface area (Å²) in [4.78, 5) is 25.5. The molecule has 0 fully saturated rings. The molecule has 0 aliphatic carbocycles. The summed E-state index contributed by atoms with van der Waals surface area (Å²) >= 11 is 0. The van der Waals surface area contributed by atoms with Crippen LogP contribution in [0.2, 0.25) is 0 Å². The van der Waals surface area contributed by atoms with Crippen molar-refractivity contribution < 1.29 is 9.59 Å². The molecule has 3 aromatic carbocycles. The van der Waals surface area contributed by atoms with Gasteiger partial charge in [0.1, 0.15) is 6.04 Å². The fraction of sp³-hybridized carbons (Fsp3) is 0.167. The molecular formula is C24H24N2O2. The predicted octanol–water partition coefficient (Wildman–Crippen LogP) is 3.64. The Kier molecular flexibility index (Phi) is 6.58. The third-order valence-electron chi connectivity index (χ3n) is 4.59. The quantitative estimate of drug-likeness (QED) is 0.665. The molecule has 4 heteroatoms. The van der Waals surface area contributed by atoms with E-state index in [0.29, 0.717) is 6.54 Å². The molecule has 142 valence electrons. The van der Waals surface area contributed by atoms with Crippen molar-refractivity contribution in [2.24, 2.45) is 0 Å². The number of carbonyl (C=O) groups is 2. The number of carbonyl (C=O) groups excluding carboxylic acids is 2. The summed E-state index contributed by atoms with van der Waals surface area (Å²) < 4.78 is 0. The van der Waals surface area contributed by atoms with Gasteiger partial charge in [0.15, 0.2) is 0 Å². The van der Waals surface area contributed by atoms with Gasteiger partial charge in [0.2, 0.25) is 11.8 Å². The van der Waals surface area contributed by atoms with E-state index in [9.17, 15) is 9.59 Å². The number of amides is 2. The van der Waals surface area contributed by atoms with Crippen LogP contribution in [0, 0.1) is 0 Å². The van der Waals surface area contributed by atoms with Gasteiger partial charge in [0.05, 0.1) is 5.92 Å². The molecule has 0 bridgehead atoms. The number of rotatable bonds is 7. The van der Waals surface area contributed by atoms with E-state index >= 15 is 0 Å². The van der Waals surface area contributed by atoms with Crippen LogP contribution in [-0.2, 0) is 16.1 Å². The summed E-state index contributed by atoms with van der Waals surface area (Å²) in [5, 5.41) is 5.73. The van der Waals surface area contributed by atoms with Crippen molar-refractivity contribution >= 4 is 11.8 Å². The highest BCUT2D eigenvalue weighted by molar-refractivity contribution is 5.92. The van der Waals surface area contributed by atoms with Crippen LogP contribution in [-0.4, -0.2) is 17.9 Å². The van der Waals surface area contributed by atoms with E-state index in [2.05, 4.69) is 10.6 Å². The van der Waals surface area contributed by atoms with Gasteiger partial charge in [-0.3, -0.25) is 9.59 Å². The van der Waals surface area contributed by atoms with Crippen LogP contribution in [0.5, 0.6) is 0 Å². The van der Waals surface area contributed by atoms with E-state index < -0.39 is 12.0 Å². The Morgan fingerprint density at radius 1 is 0.714 bits per heavy atom. The Balaban J connectivity index is 1.68. The van der Waals surface area contributed by atoms with Crippen molar-refractivity contribution in [1.29, 1.82) is 0 Å². The van der Waals surface area contributed by atoms with E-state index in [1.54, 1.807) is 6.92 Å². The van der Waals surface area contributed by atoms with Crippen molar-refractivity contribution in [2.75, 3.05) is 0 Å². The standard InChI is InChI=1S/C24H24N2O2/c1-18(23(27)25-17-19-11-5-2-6-12-19)26-24(28)22(20-13-7-3-8-14-20)21-15-9-4-10-16-21/h2-16,18,22H,17H2,1H3,(H,25,27)(H,26,28)/t18-/m0/s1. The van der Waals surface area contributed by atoms with Crippen LogP contribution in [0.25, 0.3) is 0 Å². The maximum Gasteiger partial charge on any atom is 0.242 e. The summed E-state index contributed by atoms with van der Waals surface area (Å²) in [6.45, 7) is 2.13. The van der Waals surface area contributed by atoms with E-state index in [1.807, 2.05) is 91.0 Å². The molecule has 0 aliphatic rings. The molecule has 0 aliphatic heterocycles. The molecule has 1 atom stereocenters. The van der Waals surface area contributed by atoms with E-state index in [4.69, 9.17) is 0 Å². The normalized spacial score (nSPS) is 11.6. The maximum atomic E-state index is 13.0. The zero-order chi connectivity index (χ0) is 19.8. The van der Waals surface area contributed by atoms with Crippen LogP contribution in [0.4, 0.5) is 0 Å². The third kappa shape index (κ3) is 5.07. The van der Waals surface area contributed by atoms with Crippen molar-refractivity contribution in [3.05, 3.63) is 108 Å². The Bertz CT molecular complexity index is 856. The van der Waals surface area contributed by atoms with Crippen LogP contribution < -0.4 is 10.6 Å². The molecule has 4 nitrogen and oxygen atoms in total. The monoisotopic (exact) mass is 372 g/mol. The first kappa shape index (κ1) is 19.4. The largest absolute Gasteiger partial charge is 0.350 e. The highest BCUT2D eigenvalue weighted by Crippen LogP contribution is 2.24. The molecule has 0 saturated heterocycles. The summed E-state index contributed by atoms with van der Waals surface area (Å²) in [5.74, 6) is -0.872. The lowest BCUT2D eigenvalue weighted by Crippen LogP contribution is -2.46. The second-order valence-electron chi connectivity index (χ2n) is 6.69. The fourth-order valence-electron chi connectivity index (χ4n) is 3.09. The average Bonchev–Trinajstić information content (AvgIpc) is 2.74. The highest BCUT2D eigenvalue weighted by Gasteiger charge is 2.25. The smallest absolute Gasteiger partial charge is 0.242 e. The van der Waals surface area contributed by atoms with Gasteiger partial charge in [-0.15, -0.1) is 0 Å². The van der Waals surface area contributed by atoms with Gasteiger partial charge in [-0.05, 0) is 23.6 Å². The molecule has 28 heavy (non-hydrogen) atoms. The molecule has 0 spiro atoms. The summed E-state index contributed by atoms with van der Waals surface area (Å²) in [5.41, 5.74) is 2.80. The minimum absolute atomic E-state index is 0.195. The third-order valence-corrected chi connectivity index (χ3v) is 4.59. The lowest BCUT2D eigenvalue weighted by molar-refractivity contribution is -0.129. The van der Waals surface area contributed by atoms with Crippen LogP contribution >= 0.6 is 0 Å². The molecule has 2 amide bonds. The molecule has 2 N–H and O–H groups in total.